The second-order valence-electron chi connectivity index (χ2n) is 2.25. The first kappa shape index (κ1) is 12.6. The lowest BCUT2D eigenvalue weighted by Crippen LogP contribution is -2.24. The molecule has 0 fully saturated rings. The van der Waals surface area contributed by atoms with Gasteiger partial charge in [0.1, 0.15) is 0 Å². The van der Waals surface area contributed by atoms with Crippen LogP contribution in [-0.2, 0) is 13.9 Å². The third-order valence-electron chi connectivity index (χ3n) is 0.933. The highest BCUT2D eigenvalue weighted by atomic mass is 79.9. The van der Waals surface area contributed by atoms with Crippen LogP contribution >= 0.6 is 23.8 Å². The second kappa shape index (κ2) is 4.76. The zero-order chi connectivity index (χ0) is 10.6. The molecule has 0 aliphatic rings. The van der Waals surface area contributed by atoms with E-state index in [2.05, 4.69) is 20.5 Å². The van der Waals surface area contributed by atoms with Crippen LogP contribution in [0, 0.1) is 0 Å². The molecule has 0 saturated heterocycles. The Morgan fingerprint density at radius 1 is 1.54 bits per heavy atom. The standard InChI is InChI=1S/C5H9BrNO5P/c1-7(2)5(8)4(3-6)12-13(9,10)11/h3H,1-2H3,(H2,9,10,11). The van der Waals surface area contributed by atoms with Crippen LogP contribution in [0.4, 0.5) is 0 Å². The third kappa shape index (κ3) is 5.05. The monoisotopic (exact) mass is 273 g/mol. The van der Waals surface area contributed by atoms with Crippen molar-refractivity contribution in [2.75, 3.05) is 14.1 Å². The summed E-state index contributed by atoms with van der Waals surface area (Å²) in [4.78, 5) is 30.1. The minimum Gasteiger partial charge on any atom is -0.398 e. The fraction of sp³-hybridized carbons (Fsp3) is 0.400. The molecule has 0 heterocycles. The number of likely N-dealkylation sites (N-methyl/N-ethyl adjacent to an activating group) is 1. The third-order valence-corrected chi connectivity index (χ3v) is 1.78. The summed E-state index contributed by atoms with van der Waals surface area (Å²) < 4.78 is 14.5. The van der Waals surface area contributed by atoms with E-state index in [0.717, 1.165) is 9.89 Å². The summed E-state index contributed by atoms with van der Waals surface area (Å²) in [6, 6.07) is 0. The molecule has 8 heteroatoms. The summed E-state index contributed by atoms with van der Waals surface area (Å²) >= 11 is 2.76. The first-order valence-electron chi connectivity index (χ1n) is 3.05. The molecule has 0 spiro atoms. The highest BCUT2D eigenvalue weighted by Crippen LogP contribution is 2.39. The maximum atomic E-state index is 11.1. The molecule has 6 nitrogen and oxygen atoms in total. The molecule has 0 aliphatic heterocycles. The van der Waals surface area contributed by atoms with Crippen LogP contribution in [0.25, 0.3) is 0 Å². The van der Waals surface area contributed by atoms with Gasteiger partial charge in [-0.15, -0.1) is 0 Å². The Kier molecular flexibility index (Phi) is 4.63. The van der Waals surface area contributed by atoms with E-state index in [1.165, 1.54) is 14.1 Å². The van der Waals surface area contributed by atoms with Gasteiger partial charge in [0.25, 0.3) is 5.91 Å². The first-order chi connectivity index (χ1) is 5.78. The van der Waals surface area contributed by atoms with Gasteiger partial charge in [-0.1, -0.05) is 15.9 Å². The van der Waals surface area contributed by atoms with Crippen LogP contribution in [0.1, 0.15) is 0 Å². The van der Waals surface area contributed by atoms with Crippen molar-refractivity contribution in [3.63, 3.8) is 0 Å². The lowest BCUT2D eigenvalue weighted by Gasteiger charge is -2.13. The summed E-state index contributed by atoms with van der Waals surface area (Å²) in [6.45, 7) is 0. The number of halogens is 1. The van der Waals surface area contributed by atoms with E-state index < -0.39 is 19.5 Å². The molecule has 0 aromatic carbocycles. The van der Waals surface area contributed by atoms with Gasteiger partial charge in [-0.25, -0.2) is 4.57 Å². The van der Waals surface area contributed by atoms with E-state index >= 15 is 0 Å². The number of nitrogens with zero attached hydrogens (tertiary/aromatic N) is 1. The van der Waals surface area contributed by atoms with Gasteiger partial charge in [-0.3, -0.25) is 14.6 Å². The summed E-state index contributed by atoms with van der Waals surface area (Å²) in [7, 11) is -1.81. The van der Waals surface area contributed by atoms with Gasteiger partial charge in [0.05, 0.1) is 0 Å². The quantitative estimate of drug-likeness (QED) is 0.442. The number of amides is 1. The van der Waals surface area contributed by atoms with Crippen molar-refractivity contribution in [3.8, 4) is 0 Å². The minimum absolute atomic E-state index is 0.446. The van der Waals surface area contributed by atoms with Crippen LogP contribution < -0.4 is 0 Å². The lowest BCUT2D eigenvalue weighted by molar-refractivity contribution is -0.127. The molecular formula is C5H9BrNO5P. The van der Waals surface area contributed by atoms with Crippen molar-refractivity contribution >= 4 is 29.7 Å². The topological polar surface area (TPSA) is 87.1 Å². The van der Waals surface area contributed by atoms with Gasteiger partial charge in [0, 0.05) is 19.1 Å². The fourth-order valence-electron chi connectivity index (χ4n) is 0.454. The van der Waals surface area contributed by atoms with E-state index in [1.807, 2.05) is 0 Å². The fourth-order valence-corrected chi connectivity index (χ4v) is 1.27. The summed E-state index contributed by atoms with van der Waals surface area (Å²) in [6.07, 6.45) is 0. The number of hydrogen-bond acceptors (Lipinski definition) is 3. The normalized spacial score (nSPS) is 12.5. The van der Waals surface area contributed by atoms with Gasteiger partial charge in [-0.2, -0.15) is 0 Å². The van der Waals surface area contributed by atoms with Crippen LogP contribution in [0.2, 0.25) is 0 Å². The van der Waals surface area contributed by atoms with Gasteiger partial charge < -0.3 is 9.42 Å². The van der Waals surface area contributed by atoms with Gasteiger partial charge in [-0.05, 0) is 0 Å². The number of phosphoric acid groups is 1. The maximum Gasteiger partial charge on any atom is 0.525 e. The van der Waals surface area contributed by atoms with Crippen molar-refractivity contribution in [2.45, 2.75) is 0 Å². The molecule has 0 aliphatic carbocycles. The van der Waals surface area contributed by atoms with Gasteiger partial charge in [0.15, 0.2) is 0 Å². The Morgan fingerprint density at radius 2 is 2.00 bits per heavy atom. The van der Waals surface area contributed by atoms with Gasteiger partial charge >= 0.3 is 7.82 Å². The molecule has 76 valence electrons. The summed E-state index contributed by atoms with van der Waals surface area (Å²) in [5, 5.41) is 0. The van der Waals surface area contributed by atoms with Gasteiger partial charge in [0.2, 0.25) is 5.76 Å². The largest absolute Gasteiger partial charge is 0.525 e. The Bertz CT molecular complexity index is 270. The average Bonchev–Trinajstić information content (AvgIpc) is 1.97. The number of phosphoric ester groups is 1. The van der Waals surface area contributed by atoms with Crippen LogP contribution in [0.3, 0.4) is 0 Å². The zero-order valence-corrected chi connectivity index (χ0v) is 9.45. The molecule has 13 heavy (non-hydrogen) atoms. The molecule has 0 unspecified atom stereocenters. The van der Waals surface area contributed by atoms with E-state index in [9.17, 15) is 9.36 Å². The first-order valence-corrected chi connectivity index (χ1v) is 5.49. The Labute approximate surface area is 83.5 Å². The molecule has 0 rings (SSSR count). The molecule has 0 aromatic rings. The van der Waals surface area contributed by atoms with Crippen molar-refractivity contribution in [3.05, 3.63) is 10.7 Å². The van der Waals surface area contributed by atoms with E-state index in [1.54, 1.807) is 0 Å². The number of carbonyl (C=O) groups is 1. The van der Waals surface area contributed by atoms with Crippen LogP contribution in [0.15, 0.2) is 10.7 Å². The van der Waals surface area contributed by atoms with Crippen LogP contribution in [-0.4, -0.2) is 34.7 Å². The van der Waals surface area contributed by atoms with E-state index in [-0.39, 0.29) is 0 Å². The number of rotatable bonds is 3. The van der Waals surface area contributed by atoms with E-state index in [4.69, 9.17) is 9.79 Å². The lowest BCUT2D eigenvalue weighted by atomic mass is 10.5. The molecule has 1 amide bonds. The molecule has 0 aromatic heterocycles. The molecule has 2 N–H and O–H groups in total. The Balaban J connectivity index is 4.58. The molecule has 0 atom stereocenters. The molecule has 0 radical (unpaired) electrons. The average molecular weight is 274 g/mol. The number of carbonyl (C=O) groups excluding carboxylic acids is 1. The Morgan fingerprint density at radius 3 is 2.23 bits per heavy atom. The molecular weight excluding hydrogens is 265 g/mol. The van der Waals surface area contributed by atoms with Crippen molar-refractivity contribution < 1.29 is 23.7 Å². The Hall–Kier alpha value is -0.360. The van der Waals surface area contributed by atoms with E-state index in [0.29, 0.717) is 0 Å². The second-order valence-corrected chi connectivity index (χ2v) is 3.88. The van der Waals surface area contributed by atoms with Crippen molar-refractivity contribution in [2.24, 2.45) is 0 Å². The summed E-state index contributed by atoms with van der Waals surface area (Å²) in [5.74, 6) is -1.08. The van der Waals surface area contributed by atoms with Crippen LogP contribution in [0.5, 0.6) is 0 Å². The molecule has 0 saturated carbocycles. The zero-order valence-electron chi connectivity index (χ0n) is 6.97. The SMILES string of the molecule is CN(C)C(=O)C(=CBr)OP(=O)(O)O. The maximum absolute atomic E-state index is 11.1. The number of hydrogen-bond donors (Lipinski definition) is 2. The predicted molar refractivity (Wildman–Crippen MR) is 48.8 cm³/mol. The van der Waals surface area contributed by atoms with Crippen molar-refractivity contribution in [1.29, 1.82) is 0 Å². The predicted octanol–water partition coefficient (Wildman–Crippen LogP) is 0.420. The highest BCUT2D eigenvalue weighted by Gasteiger charge is 2.23. The highest BCUT2D eigenvalue weighted by molar-refractivity contribution is 9.11. The minimum atomic E-state index is -4.68. The van der Waals surface area contributed by atoms with Crippen molar-refractivity contribution in [1.82, 2.24) is 4.90 Å². The molecule has 0 bridgehead atoms. The summed E-state index contributed by atoms with van der Waals surface area (Å²) in [5.41, 5.74) is 0. The smallest absolute Gasteiger partial charge is 0.398 e.